The molecule has 1 heterocycles. The first-order valence-corrected chi connectivity index (χ1v) is 7.99. The second-order valence-electron chi connectivity index (χ2n) is 4.56. The van der Waals surface area contributed by atoms with Crippen molar-refractivity contribution in [2.45, 2.75) is 18.7 Å². The highest BCUT2D eigenvalue weighted by Crippen LogP contribution is 2.55. The second kappa shape index (κ2) is 7.31. The molecule has 1 rings (SSSR count). The molecule has 4 N–H and O–H groups in total. The van der Waals surface area contributed by atoms with Gasteiger partial charge < -0.3 is 20.2 Å². The van der Waals surface area contributed by atoms with Crippen LogP contribution in [-0.2, 0) is 14.2 Å². The van der Waals surface area contributed by atoms with E-state index in [4.69, 9.17) is 10.2 Å². The number of nitrogens with zero attached hydrogens (tertiary/aromatic N) is 1. The summed E-state index contributed by atoms with van der Waals surface area (Å²) in [6.45, 7) is 0. The van der Waals surface area contributed by atoms with Crippen molar-refractivity contribution in [3.63, 3.8) is 0 Å². The molecular weight excluding hydrogens is 301 g/mol. The minimum absolute atomic E-state index is 0.151. The molecule has 0 bridgehead atoms. The topological polar surface area (TPSA) is 145 Å². The van der Waals surface area contributed by atoms with Crippen LogP contribution in [0.3, 0.4) is 0 Å². The fraction of sp³-hybridized carbons (Fsp3) is 0.417. The van der Waals surface area contributed by atoms with Gasteiger partial charge in [-0.3, -0.25) is 19.1 Å². The lowest BCUT2D eigenvalue weighted by atomic mass is 10.1. The highest BCUT2D eigenvalue weighted by molar-refractivity contribution is 7.58. The van der Waals surface area contributed by atoms with Crippen LogP contribution in [0.2, 0.25) is 0 Å². The van der Waals surface area contributed by atoms with Gasteiger partial charge in [0.1, 0.15) is 0 Å². The van der Waals surface area contributed by atoms with Crippen molar-refractivity contribution in [3.05, 3.63) is 30.1 Å². The van der Waals surface area contributed by atoms with Crippen LogP contribution in [0, 0.1) is 5.92 Å². The summed E-state index contributed by atoms with van der Waals surface area (Å²) < 4.78 is 12.1. The summed E-state index contributed by atoms with van der Waals surface area (Å²) in [5, 5.41) is 27.4. The van der Waals surface area contributed by atoms with Crippen molar-refractivity contribution < 1.29 is 34.4 Å². The Kier molecular flexibility index (Phi) is 6.02. The molecule has 116 valence electrons. The normalized spacial score (nSPS) is 16.7. The molecule has 0 saturated heterocycles. The summed E-state index contributed by atoms with van der Waals surface area (Å²) in [5.41, 5.74) is 0.151. The molecule has 0 amide bonds. The predicted molar refractivity (Wildman–Crippen MR) is 71.9 cm³/mol. The van der Waals surface area contributed by atoms with Crippen molar-refractivity contribution in [3.8, 4) is 0 Å². The monoisotopic (exact) mass is 317 g/mol. The van der Waals surface area contributed by atoms with Gasteiger partial charge in [-0.05, 0) is 24.1 Å². The first kappa shape index (κ1) is 17.3. The van der Waals surface area contributed by atoms with E-state index >= 15 is 0 Å². The highest BCUT2D eigenvalue weighted by atomic mass is 31.2. The summed E-state index contributed by atoms with van der Waals surface area (Å²) in [5.74, 6) is -5.60. The maximum atomic E-state index is 12.1. The molecule has 0 aliphatic carbocycles. The maximum Gasteiger partial charge on any atom is 0.307 e. The van der Waals surface area contributed by atoms with E-state index in [0.717, 1.165) is 0 Å². The quantitative estimate of drug-likeness (QED) is 0.518. The predicted octanol–water partition coefficient (Wildman–Crippen LogP) is 0.908. The van der Waals surface area contributed by atoms with Crippen molar-refractivity contribution >= 4 is 19.3 Å². The van der Waals surface area contributed by atoms with Crippen LogP contribution in [0.25, 0.3) is 0 Å². The molecule has 3 unspecified atom stereocenters. The fourth-order valence-corrected chi connectivity index (χ4v) is 3.58. The van der Waals surface area contributed by atoms with Gasteiger partial charge in [0.05, 0.1) is 5.92 Å². The van der Waals surface area contributed by atoms with E-state index in [-0.39, 0.29) is 12.0 Å². The average Bonchev–Trinajstić information content (AvgIpc) is 2.43. The van der Waals surface area contributed by atoms with Gasteiger partial charge in [-0.2, -0.15) is 0 Å². The Morgan fingerprint density at radius 1 is 1.24 bits per heavy atom. The lowest BCUT2D eigenvalue weighted by Crippen LogP contribution is -2.21. The molecule has 0 aliphatic rings. The molecule has 9 heteroatoms. The first-order chi connectivity index (χ1) is 9.74. The molecule has 0 fully saturated rings. The van der Waals surface area contributed by atoms with Crippen molar-refractivity contribution in [2.24, 2.45) is 5.92 Å². The number of aliphatic hydroxyl groups is 1. The summed E-state index contributed by atoms with van der Waals surface area (Å²) in [6.07, 6.45) is 1.26. The van der Waals surface area contributed by atoms with Crippen molar-refractivity contribution in [2.75, 3.05) is 6.16 Å². The van der Waals surface area contributed by atoms with E-state index < -0.39 is 43.7 Å². The Labute approximate surface area is 120 Å². The highest BCUT2D eigenvalue weighted by Gasteiger charge is 2.36. The minimum atomic E-state index is -4.22. The van der Waals surface area contributed by atoms with Crippen molar-refractivity contribution in [1.29, 1.82) is 0 Å². The van der Waals surface area contributed by atoms with Gasteiger partial charge >= 0.3 is 11.9 Å². The average molecular weight is 317 g/mol. The molecular formula is C12H16NO7P. The molecule has 0 aromatic carbocycles. The molecule has 1 aromatic heterocycles. The molecule has 0 spiro atoms. The standard InChI is InChI=1S/C12H16NO7P/c14-10(15)2-1-9(11(16)17)7-21(19,20)12(18)8-3-5-13-6-4-8/h3-6,9,12,18H,1-2,7H2,(H,14,15)(H,16,17)(H,19,20). The minimum Gasteiger partial charge on any atom is -0.481 e. The first-order valence-electron chi connectivity index (χ1n) is 6.08. The zero-order chi connectivity index (χ0) is 16.0. The molecule has 0 aliphatic heterocycles. The van der Waals surface area contributed by atoms with Gasteiger partial charge in [0.15, 0.2) is 5.85 Å². The van der Waals surface area contributed by atoms with Crippen LogP contribution in [0.4, 0.5) is 0 Å². The SMILES string of the molecule is O=C(O)CCC(CP(=O)(O)C(O)c1ccncc1)C(=O)O. The van der Waals surface area contributed by atoms with Crippen LogP contribution >= 0.6 is 7.37 Å². The molecule has 1 aromatic rings. The van der Waals surface area contributed by atoms with Gasteiger partial charge in [-0.1, -0.05) is 0 Å². The number of carboxylic acids is 2. The van der Waals surface area contributed by atoms with Gasteiger partial charge in [-0.15, -0.1) is 0 Å². The summed E-state index contributed by atoms with van der Waals surface area (Å²) in [6, 6.07) is 2.70. The lowest BCUT2D eigenvalue weighted by molar-refractivity contribution is -0.142. The molecule has 0 radical (unpaired) electrons. The van der Waals surface area contributed by atoms with E-state index in [0.29, 0.717) is 0 Å². The number of hydrogen-bond acceptors (Lipinski definition) is 5. The zero-order valence-electron chi connectivity index (χ0n) is 11.0. The number of aromatic nitrogens is 1. The van der Waals surface area contributed by atoms with Gasteiger partial charge in [0.25, 0.3) is 0 Å². The third-order valence-electron chi connectivity index (χ3n) is 2.92. The smallest absolute Gasteiger partial charge is 0.307 e. The number of carboxylic acid groups (broad SMARTS) is 2. The number of rotatable bonds is 8. The van der Waals surface area contributed by atoms with Crippen molar-refractivity contribution in [1.82, 2.24) is 4.98 Å². The third kappa shape index (κ3) is 5.26. The van der Waals surface area contributed by atoms with E-state index in [1.54, 1.807) is 0 Å². The van der Waals surface area contributed by atoms with Gasteiger partial charge in [0, 0.05) is 25.0 Å². The van der Waals surface area contributed by atoms with E-state index in [2.05, 4.69) is 4.98 Å². The summed E-state index contributed by atoms with van der Waals surface area (Å²) >= 11 is 0. The van der Waals surface area contributed by atoms with Crippen LogP contribution in [0.5, 0.6) is 0 Å². The van der Waals surface area contributed by atoms with Gasteiger partial charge in [0.2, 0.25) is 7.37 Å². The van der Waals surface area contributed by atoms with Crippen LogP contribution in [-0.4, -0.2) is 43.3 Å². The number of carbonyl (C=O) groups is 2. The van der Waals surface area contributed by atoms with Crippen LogP contribution in [0.15, 0.2) is 24.5 Å². The number of pyridine rings is 1. The van der Waals surface area contributed by atoms with E-state index in [1.807, 2.05) is 0 Å². The van der Waals surface area contributed by atoms with Crippen LogP contribution in [0.1, 0.15) is 24.3 Å². The Morgan fingerprint density at radius 2 is 1.81 bits per heavy atom. The number of aliphatic carboxylic acids is 2. The summed E-state index contributed by atoms with van der Waals surface area (Å²) in [4.78, 5) is 35.1. The Morgan fingerprint density at radius 3 is 2.29 bits per heavy atom. The van der Waals surface area contributed by atoms with Gasteiger partial charge in [-0.25, -0.2) is 0 Å². The van der Waals surface area contributed by atoms with E-state index in [9.17, 15) is 24.2 Å². The molecule has 8 nitrogen and oxygen atoms in total. The number of aliphatic hydroxyl groups excluding tert-OH is 1. The Bertz CT molecular complexity index is 548. The molecule has 0 saturated carbocycles. The Balaban J connectivity index is 2.83. The molecule has 3 atom stereocenters. The maximum absolute atomic E-state index is 12.1. The zero-order valence-corrected chi connectivity index (χ0v) is 11.9. The number of hydrogen-bond donors (Lipinski definition) is 4. The second-order valence-corrected chi connectivity index (χ2v) is 6.93. The van der Waals surface area contributed by atoms with Crippen LogP contribution < -0.4 is 0 Å². The lowest BCUT2D eigenvalue weighted by Gasteiger charge is -2.21. The largest absolute Gasteiger partial charge is 0.481 e. The summed E-state index contributed by atoms with van der Waals surface area (Å²) in [7, 11) is -4.22. The fourth-order valence-electron chi connectivity index (χ4n) is 1.77. The van der Waals surface area contributed by atoms with E-state index in [1.165, 1.54) is 24.5 Å². The molecule has 21 heavy (non-hydrogen) atoms. The Hall–Kier alpha value is -1.76. The third-order valence-corrected chi connectivity index (χ3v) is 4.95.